The first-order chi connectivity index (χ1) is 9.69. The Kier molecular flexibility index (Phi) is 4.26. The molecule has 0 saturated heterocycles. The largest absolute Gasteiger partial charge is 0.297 e. The summed E-state index contributed by atoms with van der Waals surface area (Å²) in [5, 5.41) is 14.5. The summed E-state index contributed by atoms with van der Waals surface area (Å²) in [7, 11) is 0. The van der Waals surface area contributed by atoms with Crippen molar-refractivity contribution < 1.29 is 0 Å². The molecule has 3 rings (SSSR count). The smallest absolute Gasteiger partial charge is 0.108 e. The van der Waals surface area contributed by atoms with Crippen LogP contribution < -0.4 is 5.32 Å². The van der Waals surface area contributed by atoms with Gasteiger partial charge < -0.3 is 0 Å². The summed E-state index contributed by atoms with van der Waals surface area (Å²) in [6.07, 6.45) is 6.72. The van der Waals surface area contributed by atoms with Crippen LogP contribution in [0.15, 0.2) is 29.2 Å². The molecule has 2 saturated carbocycles. The van der Waals surface area contributed by atoms with Crippen LogP contribution in [0.4, 0.5) is 0 Å². The first-order valence-electron chi connectivity index (χ1n) is 7.30. The minimum Gasteiger partial charge on any atom is -0.297 e. The molecule has 106 valence electrons. The molecule has 0 aliphatic heterocycles. The fraction of sp³-hybridized carbons (Fsp3) is 0.562. The van der Waals surface area contributed by atoms with Crippen LogP contribution in [0.1, 0.15) is 38.5 Å². The summed E-state index contributed by atoms with van der Waals surface area (Å²) in [6.45, 7) is 0. The van der Waals surface area contributed by atoms with Crippen molar-refractivity contribution in [2.75, 3.05) is 0 Å². The van der Waals surface area contributed by atoms with E-state index in [0.717, 1.165) is 24.3 Å². The molecule has 2 fully saturated rings. The lowest BCUT2D eigenvalue weighted by Gasteiger charge is -2.36. The van der Waals surface area contributed by atoms with E-state index in [2.05, 4.69) is 17.5 Å². The SMILES string of the molecule is N#CC1(NC2CC2)CCCC(Sc2cccc(Cl)c2)C1. The standard InChI is InChI=1S/C16H19ClN2S/c17-12-3-1-4-14(9-12)20-15-5-2-8-16(10-15,11-18)19-13-6-7-13/h1,3-4,9,13,15,19H,2,5-8,10H2. The van der Waals surface area contributed by atoms with Crippen LogP contribution in [0.3, 0.4) is 0 Å². The zero-order valence-corrected chi connectivity index (χ0v) is 13.0. The number of rotatable bonds is 4. The van der Waals surface area contributed by atoms with Gasteiger partial charge in [-0.05, 0) is 56.7 Å². The summed E-state index contributed by atoms with van der Waals surface area (Å²) in [5.41, 5.74) is -0.296. The fourth-order valence-electron chi connectivity index (χ4n) is 2.94. The normalized spacial score (nSPS) is 29.9. The minimum absolute atomic E-state index is 0.296. The Bertz CT molecular complexity index is 523. The molecular weight excluding hydrogens is 288 g/mol. The molecule has 2 atom stereocenters. The van der Waals surface area contributed by atoms with Crippen molar-refractivity contribution in [2.24, 2.45) is 0 Å². The zero-order chi connectivity index (χ0) is 14.0. The van der Waals surface area contributed by atoms with Crippen LogP contribution >= 0.6 is 23.4 Å². The first-order valence-corrected chi connectivity index (χ1v) is 8.56. The summed E-state index contributed by atoms with van der Waals surface area (Å²) in [6, 6.07) is 11.2. The highest BCUT2D eigenvalue weighted by Crippen LogP contribution is 2.40. The van der Waals surface area contributed by atoms with Gasteiger partial charge in [0.15, 0.2) is 0 Å². The second-order valence-electron chi connectivity index (χ2n) is 5.91. The van der Waals surface area contributed by atoms with Crippen LogP contribution in [-0.2, 0) is 0 Å². The third kappa shape index (κ3) is 3.49. The molecule has 2 nitrogen and oxygen atoms in total. The van der Waals surface area contributed by atoms with Gasteiger partial charge in [0.2, 0.25) is 0 Å². The Balaban J connectivity index is 1.66. The van der Waals surface area contributed by atoms with E-state index in [1.54, 1.807) is 0 Å². The van der Waals surface area contributed by atoms with Gasteiger partial charge >= 0.3 is 0 Å². The molecule has 2 unspecified atom stereocenters. The van der Waals surface area contributed by atoms with E-state index >= 15 is 0 Å². The fourth-order valence-corrected chi connectivity index (χ4v) is 4.59. The predicted octanol–water partition coefficient (Wildman–Crippen LogP) is 4.39. The minimum atomic E-state index is -0.296. The van der Waals surface area contributed by atoms with Gasteiger partial charge in [-0.25, -0.2) is 0 Å². The van der Waals surface area contributed by atoms with Gasteiger partial charge in [0, 0.05) is 21.2 Å². The molecule has 0 bridgehead atoms. The molecule has 4 heteroatoms. The van der Waals surface area contributed by atoms with E-state index in [-0.39, 0.29) is 5.54 Å². The van der Waals surface area contributed by atoms with Gasteiger partial charge in [-0.1, -0.05) is 17.7 Å². The molecule has 1 aromatic rings. The van der Waals surface area contributed by atoms with Crippen molar-refractivity contribution in [3.8, 4) is 6.07 Å². The van der Waals surface area contributed by atoms with Crippen LogP contribution in [0.5, 0.6) is 0 Å². The van der Waals surface area contributed by atoms with E-state index < -0.39 is 0 Å². The maximum atomic E-state index is 9.60. The molecule has 20 heavy (non-hydrogen) atoms. The number of nitrogens with zero attached hydrogens (tertiary/aromatic N) is 1. The topological polar surface area (TPSA) is 35.8 Å². The number of hydrogen-bond acceptors (Lipinski definition) is 3. The maximum Gasteiger partial charge on any atom is 0.108 e. The van der Waals surface area contributed by atoms with E-state index in [9.17, 15) is 5.26 Å². The van der Waals surface area contributed by atoms with E-state index in [4.69, 9.17) is 11.6 Å². The Hall–Kier alpha value is -0.690. The van der Waals surface area contributed by atoms with Crippen molar-refractivity contribution in [3.63, 3.8) is 0 Å². The molecule has 2 aliphatic rings. The van der Waals surface area contributed by atoms with Crippen molar-refractivity contribution in [1.82, 2.24) is 5.32 Å². The lowest BCUT2D eigenvalue weighted by atomic mass is 9.82. The molecule has 0 heterocycles. The maximum absolute atomic E-state index is 9.60. The number of nitriles is 1. The summed E-state index contributed by atoms with van der Waals surface area (Å²) < 4.78 is 0. The van der Waals surface area contributed by atoms with Gasteiger partial charge in [0.1, 0.15) is 5.54 Å². The van der Waals surface area contributed by atoms with Gasteiger partial charge in [-0.2, -0.15) is 5.26 Å². The number of benzene rings is 1. The third-order valence-electron chi connectivity index (χ3n) is 4.08. The van der Waals surface area contributed by atoms with Crippen molar-refractivity contribution in [1.29, 1.82) is 5.26 Å². The monoisotopic (exact) mass is 306 g/mol. The van der Waals surface area contributed by atoms with Crippen LogP contribution in [0.2, 0.25) is 5.02 Å². The highest BCUT2D eigenvalue weighted by molar-refractivity contribution is 8.00. The first kappa shape index (κ1) is 14.3. The van der Waals surface area contributed by atoms with Gasteiger partial charge in [0.05, 0.1) is 6.07 Å². The molecule has 1 aromatic carbocycles. The molecule has 0 aromatic heterocycles. The second-order valence-corrected chi connectivity index (χ2v) is 7.72. The Morgan fingerprint density at radius 2 is 2.20 bits per heavy atom. The Morgan fingerprint density at radius 1 is 1.35 bits per heavy atom. The molecule has 2 aliphatic carbocycles. The van der Waals surface area contributed by atoms with Crippen LogP contribution in [-0.4, -0.2) is 16.8 Å². The molecule has 0 amide bonds. The predicted molar refractivity (Wildman–Crippen MR) is 84.1 cm³/mol. The average Bonchev–Trinajstić information content (AvgIpc) is 3.23. The van der Waals surface area contributed by atoms with E-state index in [1.165, 1.54) is 24.2 Å². The van der Waals surface area contributed by atoms with E-state index in [1.807, 2.05) is 30.0 Å². The zero-order valence-electron chi connectivity index (χ0n) is 11.4. The lowest BCUT2D eigenvalue weighted by Crippen LogP contribution is -2.49. The molecule has 0 radical (unpaired) electrons. The number of nitrogens with one attached hydrogen (secondary N) is 1. The van der Waals surface area contributed by atoms with Crippen molar-refractivity contribution >= 4 is 23.4 Å². The van der Waals surface area contributed by atoms with Gasteiger partial charge in [0.25, 0.3) is 0 Å². The summed E-state index contributed by atoms with van der Waals surface area (Å²) >= 11 is 7.91. The van der Waals surface area contributed by atoms with Gasteiger partial charge in [-0.3, -0.25) is 5.32 Å². The van der Waals surface area contributed by atoms with Gasteiger partial charge in [-0.15, -0.1) is 11.8 Å². The highest BCUT2D eigenvalue weighted by Gasteiger charge is 2.40. The third-order valence-corrected chi connectivity index (χ3v) is 5.57. The second kappa shape index (κ2) is 5.97. The Labute approximate surface area is 129 Å². The number of thioether (sulfide) groups is 1. The average molecular weight is 307 g/mol. The summed E-state index contributed by atoms with van der Waals surface area (Å²) in [5.74, 6) is 0. The quantitative estimate of drug-likeness (QED) is 0.896. The highest BCUT2D eigenvalue weighted by atomic mass is 35.5. The van der Waals surface area contributed by atoms with Crippen LogP contribution in [0.25, 0.3) is 0 Å². The molecule has 0 spiro atoms. The molecule has 1 N–H and O–H groups in total. The van der Waals surface area contributed by atoms with E-state index in [0.29, 0.717) is 11.3 Å². The van der Waals surface area contributed by atoms with Crippen molar-refractivity contribution in [2.45, 2.75) is 60.3 Å². The lowest BCUT2D eigenvalue weighted by molar-refractivity contribution is 0.301. The Morgan fingerprint density at radius 3 is 2.90 bits per heavy atom. The van der Waals surface area contributed by atoms with Crippen molar-refractivity contribution in [3.05, 3.63) is 29.3 Å². The number of hydrogen-bond donors (Lipinski definition) is 1. The van der Waals surface area contributed by atoms with Crippen LogP contribution in [0, 0.1) is 11.3 Å². The number of halogens is 1. The summed E-state index contributed by atoms with van der Waals surface area (Å²) in [4.78, 5) is 1.21. The molecular formula is C16H19ClN2S.